The second-order valence-corrected chi connectivity index (χ2v) is 8.52. The van der Waals surface area contributed by atoms with Crippen LogP contribution < -0.4 is 0 Å². The molecule has 0 rings (SSSR count). The third-order valence-electron chi connectivity index (χ3n) is 3.86. The first-order valence-corrected chi connectivity index (χ1v) is 10.1. The fourth-order valence-corrected chi connectivity index (χ4v) is 3.14. The smallest absolute Gasteiger partial charge is 0.427 e. The molecule has 0 aliphatic heterocycles. The molecular formula is C16H21F8NO6S. The summed E-state index contributed by atoms with van der Waals surface area (Å²) in [6.07, 6.45) is 0.166. The summed E-state index contributed by atoms with van der Waals surface area (Å²) in [5.41, 5.74) is 0. The normalized spacial score (nSPS) is 13.7. The Bertz CT molecular complexity index is 782. The van der Waals surface area contributed by atoms with Crippen LogP contribution in [0.2, 0.25) is 0 Å². The summed E-state index contributed by atoms with van der Waals surface area (Å²) in [6.45, 7) is 0.662. The predicted octanol–water partition coefficient (Wildman–Crippen LogP) is 3.21. The van der Waals surface area contributed by atoms with Crippen molar-refractivity contribution < 1.29 is 62.6 Å². The van der Waals surface area contributed by atoms with Crippen LogP contribution in [0.5, 0.6) is 0 Å². The minimum absolute atomic E-state index is 0.0459. The average molecular weight is 507 g/mol. The Balaban J connectivity index is 4.89. The number of esters is 2. The Labute approximate surface area is 178 Å². The van der Waals surface area contributed by atoms with Crippen LogP contribution in [0, 0.1) is 0 Å². The summed E-state index contributed by atoms with van der Waals surface area (Å²) in [5.74, 6) is -20.9. The van der Waals surface area contributed by atoms with E-state index in [-0.39, 0.29) is 19.4 Å². The number of carbonyl (C=O) groups is 2. The maximum Gasteiger partial charge on any atom is 0.427 e. The molecule has 0 fully saturated rings. The van der Waals surface area contributed by atoms with E-state index in [1.165, 1.54) is 0 Å². The summed E-state index contributed by atoms with van der Waals surface area (Å²) in [5, 5.41) is -6.59. The van der Waals surface area contributed by atoms with Gasteiger partial charge >= 0.3 is 35.0 Å². The number of halogens is 8. The molecule has 0 N–H and O–H groups in total. The third-order valence-corrected chi connectivity index (χ3v) is 5.77. The monoisotopic (exact) mass is 507 g/mol. The van der Waals surface area contributed by atoms with Crippen molar-refractivity contribution >= 4 is 22.0 Å². The largest absolute Gasteiger partial charge is 0.466 e. The summed E-state index contributed by atoms with van der Waals surface area (Å²) < 4.78 is 139. The molecule has 0 saturated heterocycles. The Kier molecular flexibility index (Phi) is 10.1. The molecule has 7 nitrogen and oxygen atoms in total. The first-order chi connectivity index (χ1) is 14.3. The van der Waals surface area contributed by atoms with Crippen LogP contribution in [0.3, 0.4) is 0 Å². The minimum Gasteiger partial charge on any atom is -0.466 e. The van der Waals surface area contributed by atoms with Gasteiger partial charge in [-0.2, -0.15) is 39.4 Å². The van der Waals surface area contributed by atoms with Gasteiger partial charge in [-0.1, -0.05) is 6.58 Å². The van der Waals surface area contributed by atoms with Crippen molar-refractivity contribution in [2.45, 2.75) is 49.2 Å². The molecule has 0 heterocycles. The molecule has 0 bridgehead atoms. The second-order valence-electron chi connectivity index (χ2n) is 6.43. The lowest BCUT2D eigenvalue weighted by molar-refractivity contribution is -0.343. The van der Waals surface area contributed by atoms with Gasteiger partial charge in [-0.05, 0) is 12.8 Å². The highest BCUT2D eigenvalue weighted by Crippen LogP contribution is 2.54. The van der Waals surface area contributed by atoms with Gasteiger partial charge in [-0.3, -0.25) is 4.79 Å². The summed E-state index contributed by atoms with van der Waals surface area (Å²) >= 11 is 0. The molecule has 0 atom stereocenters. The van der Waals surface area contributed by atoms with Crippen molar-refractivity contribution in [3.63, 3.8) is 0 Å². The first-order valence-electron chi connectivity index (χ1n) is 8.69. The topological polar surface area (TPSA) is 90.0 Å². The van der Waals surface area contributed by atoms with E-state index in [4.69, 9.17) is 0 Å². The van der Waals surface area contributed by atoms with Crippen molar-refractivity contribution in [2.75, 3.05) is 26.8 Å². The van der Waals surface area contributed by atoms with Crippen LogP contribution in [0.25, 0.3) is 0 Å². The Hall–Kier alpha value is -1.97. The van der Waals surface area contributed by atoms with Crippen LogP contribution in [0.4, 0.5) is 35.1 Å². The maximum atomic E-state index is 13.8. The van der Waals surface area contributed by atoms with E-state index >= 15 is 0 Å². The zero-order valence-corrected chi connectivity index (χ0v) is 17.7. The number of hydrogen-bond acceptors (Lipinski definition) is 6. The standard InChI is InChI=1S/C16H21F8NO6S/c1-4-11(26)30-9-5-7-12(27)31-10-6-8-25(3)32(28,29)16(23,24)15(21,22)14(19,20)13(2,17)18/h4H,1,5-10H2,2-3H3. The molecule has 0 saturated carbocycles. The summed E-state index contributed by atoms with van der Waals surface area (Å²) in [7, 11) is -6.20. The van der Waals surface area contributed by atoms with Gasteiger partial charge in [0, 0.05) is 33.0 Å². The summed E-state index contributed by atoms with van der Waals surface area (Å²) in [4.78, 5) is 22.2. The lowest BCUT2D eigenvalue weighted by atomic mass is 10.1. The van der Waals surface area contributed by atoms with Gasteiger partial charge in [-0.25, -0.2) is 13.2 Å². The molecule has 0 aromatic heterocycles. The summed E-state index contributed by atoms with van der Waals surface area (Å²) in [6, 6.07) is 0. The van der Waals surface area contributed by atoms with Gasteiger partial charge < -0.3 is 9.47 Å². The molecule has 32 heavy (non-hydrogen) atoms. The minimum atomic E-state index is -6.95. The van der Waals surface area contributed by atoms with E-state index < -0.39 is 75.8 Å². The van der Waals surface area contributed by atoms with Gasteiger partial charge in [0.05, 0.1) is 13.2 Å². The van der Waals surface area contributed by atoms with E-state index in [1.54, 1.807) is 0 Å². The van der Waals surface area contributed by atoms with Gasteiger partial charge in [-0.15, -0.1) is 0 Å². The third kappa shape index (κ3) is 6.52. The highest BCUT2D eigenvalue weighted by Gasteiger charge is 2.83. The molecule has 0 unspecified atom stereocenters. The first kappa shape index (κ1) is 30.0. The van der Waals surface area contributed by atoms with Crippen molar-refractivity contribution in [2.24, 2.45) is 0 Å². The van der Waals surface area contributed by atoms with Crippen molar-refractivity contribution in [3.05, 3.63) is 12.7 Å². The molecule has 0 aromatic carbocycles. The van der Waals surface area contributed by atoms with Crippen LogP contribution >= 0.6 is 0 Å². The van der Waals surface area contributed by atoms with E-state index in [2.05, 4.69) is 16.1 Å². The van der Waals surface area contributed by atoms with E-state index in [9.17, 15) is 53.1 Å². The fraction of sp³-hybridized carbons (Fsp3) is 0.750. The van der Waals surface area contributed by atoms with Crippen molar-refractivity contribution in [1.29, 1.82) is 0 Å². The highest BCUT2D eigenvalue weighted by atomic mass is 32.2. The average Bonchev–Trinajstić information content (AvgIpc) is 2.66. The fourth-order valence-electron chi connectivity index (χ4n) is 1.93. The molecule has 0 radical (unpaired) electrons. The maximum absolute atomic E-state index is 13.8. The van der Waals surface area contributed by atoms with Crippen LogP contribution in [0.1, 0.15) is 26.2 Å². The van der Waals surface area contributed by atoms with Crippen molar-refractivity contribution in [1.82, 2.24) is 4.31 Å². The molecule has 0 spiro atoms. The highest BCUT2D eigenvalue weighted by molar-refractivity contribution is 7.90. The zero-order chi connectivity index (χ0) is 25.6. The molecule has 0 aromatic rings. The zero-order valence-electron chi connectivity index (χ0n) is 16.9. The molecule has 188 valence electrons. The van der Waals surface area contributed by atoms with Gasteiger partial charge in [0.1, 0.15) is 0 Å². The lowest BCUT2D eigenvalue weighted by Gasteiger charge is -2.36. The van der Waals surface area contributed by atoms with Gasteiger partial charge in [0.2, 0.25) is 0 Å². The number of nitrogens with zero attached hydrogens (tertiary/aromatic N) is 1. The molecule has 0 amide bonds. The molecule has 0 aliphatic carbocycles. The molecular weight excluding hydrogens is 486 g/mol. The van der Waals surface area contributed by atoms with E-state index in [0.29, 0.717) is 7.05 Å². The number of hydrogen-bond donors (Lipinski definition) is 0. The second kappa shape index (κ2) is 10.8. The van der Waals surface area contributed by atoms with Gasteiger partial charge in [0.25, 0.3) is 10.0 Å². The SMILES string of the molecule is C=CC(=O)OCCCC(=O)OCCCN(C)S(=O)(=O)C(F)(F)C(F)(F)C(F)(F)C(C)(F)F. The molecule has 0 aliphatic rings. The number of ether oxygens (including phenoxy) is 2. The van der Waals surface area contributed by atoms with Crippen molar-refractivity contribution in [3.8, 4) is 0 Å². The van der Waals surface area contributed by atoms with Gasteiger partial charge in [0.15, 0.2) is 0 Å². The predicted molar refractivity (Wildman–Crippen MR) is 93.0 cm³/mol. The lowest BCUT2D eigenvalue weighted by Crippen LogP contribution is -2.65. The van der Waals surface area contributed by atoms with E-state index in [1.807, 2.05) is 0 Å². The number of sulfonamides is 1. The Morgan fingerprint density at radius 1 is 0.938 bits per heavy atom. The van der Waals surface area contributed by atoms with E-state index in [0.717, 1.165) is 6.08 Å². The Morgan fingerprint density at radius 2 is 1.44 bits per heavy atom. The number of rotatable bonds is 14. The number of carbonyl (C=O) groups excluding carboxylic acids is 2. The quantitative estimate of drug-likeness (QED) is 0.155. The van der Waals surface area contributed by atoms with Crippen LogP contribution in [-0.2, 0) is 29.1 Å². The van der Waals surface area contributed by atoms with Crippen LogP contribution in [0.15, 0.2) is 12.7 Å². The van der Waals surface area contributed by atoms with Crippen LogP contribution in [-0.4, -0.2) is 74.5 Å². The Morgan fingerprint density at radius 3 is 1.91 bits per heavy atom. The molecule has 16 heteroatoms. The number of alkyl halides is 8.